The van der Waals surface area contributed by atoms with Crippen LogP contribution >= 0.6 is 0 Å². The number of carbonyl (C=O) groups excluding carboxylic acids is 2. The first-order valence-electron chi connectivity index (χ1n) is 17.3. The van der Waals surface area contributed by atoms with Crippen LogP contribution in [0.4, 0.5) is 0 Å². The monoisotopic (exact) mass is 661 g/mol. The normalized spacial score (nSPS) is 23.3. The van der Waals surface area contributed by atoms with Crippen molar-refractivity contribution in [2.75, 3.05) is 13.1 Å². The van der Waals surface area contributed by atoms with E-state index >= 15 is 0 Å². The van der Waals surface area contributed by atoms with Crippen molar-refractivity contribution in [2.24, 2.45) is 11.8 Å². The zero-order chi connectivity index (χ0) is 35.5. The molecule has 1 saturated carbocycles. The van der Waals surface area contributed by atoms with Crippen molar-refractivity contribution in [2.45, 2.75) is 96.7 Å². The second-order valence-corrected chi connectivity index (χ2v) is 13.9. The summed E-state index contributed by atoms with van der Waals surface area (Å²) in [6.45, 7) is 17.4. The van der Waals surface area contributed by atoms with Crippen LogP contribution in [0.15, 0.2) is 48.7 Å². The van der Waals surface area contributed by atoms with Gasteiger partial charge in [0.15, 0.2) is 5.82 Å². The van der Waals surface area contributed by atoms with Gasteiger partial charge in [0.05, 0.1) is 18.0 Å². The molecule has 11 heteroatoms. The number of tetrazole rings is 1. The zero-order valence-electron chi connectivity index (χ0n) is 29.4. The molecule has 2 fully saturated rings. The number of H-pyrrole nitrogens is 1. The number of likely N-dealkylation sites (N-methyl/N-ethyl adjacent to an activating group) is 1. The fourth-order valence-corrected chi connectivity index (χ4v) is 8.13. The maximum atomic E-state index is 13.6. The third-order valence-corrected chi connectivity index (χ3v) is 10.3. The van der Waals surface area contributed by atoms with Crippen molar-refractivity contribution in [3.63, 3.8) is 0 Å². The average Bonchev–Trinajstić information content (AvgIpc) is 3.45. The molecule has 256 valence electrons. The molecule has 1 aromatic heterocycles. The predicted molar refractivity (Wildman–Crippen MR) is 186 cm³/mol. The molecule has 49 heavy (non-hydrogen) atoms. The van der Waals surface area contributed by atoms with Gasteiger partial charge in [0.2, 0.25) is 5.91 Å². The van der Waals surface area contributed by atoms with E-state index in [0.717, 1.165) is 46.5 Å². The molecule has 11 nitrogen and oxygen atoms in total. The number of hydrogen-bond acceptors (Lipinski definition) is 9. The van der Waals surface area contributed by atoms with Crippen LogP contribution in [0, 0.1) is 34.5 Å². The highest BCUT2D eigenvalue weighted by atomic mass is 16.2. The number of amides is 1. The van der Waals surface area contributed by atoms with Crippen LogP contribution in [0.5, 0.6) is 0 Å². The van der Waals surface area contributed by atoms with E-state index in [2.05, 4.69) is 82.9 Å². The van der Waals surface area contributed by atoms with Gasteiger partial charge in [0.1, 0.15) is 12.1 Å². The molecular weight excluding hydrogens is 614 g/mol. The standard InChI is InChI=1S/C36H41N9O2.C2H6/c1-6-39-21(2)13-23-7-11-29-24(14-23)8-9-25-15-26(31(46)18-38)10-12-30(25)36(29,34-41-43-44-42-34)20-35(4,5)40-19-32(47)45-27(17-37)16-28-22(3)33(28)45;1-2/h7,10-12,14-15,22,27-28,33,39-40H,2,6,8-9,13,16,19-20H2,1,3-5H3,(H,41,42,43,44);1-2H3. The lowest BCUT2D eigenvalue weighted by molar-refractivity contribution is -0.131. The topological polar surface area (TPSA) is 163 Å². The molecule has 5 unspecified atom stereocenters. The molecule has 6 rings (SSSR count). The first-order valence-corrected chi connectivity index (χ1v) is 17.3. The SMILES string of the molecule is C=C(Cc1ccc2c(c1)CCc1cc(C(=O)C#N)ccc1C2(CC(C)(C)NCC(=O)N1C(C#N)CC2C(C)C21)c1nn[nH]n1)NCC.CC. The van der Waals surface area contributed by atoms with Gasteiger partial charge in [-0.05, 0) is 98.2 Å². The number of aromatic amines is 1. The summed E-state index contributed by atoms with van der Waals surface area (Å²) in [6.07, 6.45) is 3.22. The van der Waals surface area contributed by atoms with E-state index in [0.29, 0.717) is 48.9 Å². The Hall–Kier alpha value is -4.87. The summed E-state index contributed by atoms with van der Waals surface area (Å²) < 4.78 is 0. The molecule has 2 heterocycles. The van der Waals surface area contributed by atoms with Gasteiger partial charge in [-0.15, -0.1) is 10.2 Å². The number of aryl methyl sites for hydroxylation is 2. The number of allylic oxidation sites excluding steroid dienone is 1. The van der Waals surface area contributed by atoms with Crippen LogP contribution in [0.1, 0.15) is 98.4 Å². The lowest BCUT2D eigenvalue weighted by Gasteiger charge is -2.41. The van der Waals surface area contributed by atoms with Gasteiger partial charge in [-0.25, -0.2) is 0 Å². The highest BCUT2D eigenvalue weighted by molar-refractivity contribution is 6.07. The van der Waals surface area contributed by atoms with Crippen molar-refractivity contribution < 1.29 is 9.59 Å². The fraction of sp³-hybridized carbons (Fsp3) is 0.500. The summed E-state index contributed by atoms with van der Waals surface area (Å²) in [5, 5.41) is 41.8. The number of carbonyl (C=O) groups is 2. The lowest BCUT2D eigenvalue weighted by atomic mass is 9.65. The minimum Gasteiger partial charge on any atom is -0.389 e. The minimum absolute atomic E-state index is 0.0676. The number of nitrogens with one attached hydrogen (secondary N) is 3. The molecular formula is C38H47N9O2. The van der Waals surface area contributed by atoms with Crippen molar-refractivity contribution in [3.8, 4) is 12.1 Å². The Morgan fingerprint density at radius 3 is 2.45 bits per heavy atom. The number of hydrogen-bond donors (Lipinski definition) is 3. The van der Waals surface area contributed by atoms with Crippen LogP contribution in [0.2, 0.25) is 0 Å². The Balaban J connectivity index is 0.00000230. The summed E-state index contributed by atoms with van der Waals surface area (Å²) in [6, 6.07) is 15.8. The number of aromatic nitrogens is 4. The number of fused-ring (bicyclic) bond motifs is 3. The van der Waals surface area contributed by atoms with Crippen molar-refractivity contribution in [3.05, 3.63) is 87.9 Å². The van der Waals surface area contributed by atoms with Crippen LogP contribution < -0.4 is 10.6 Å². The molecule has 0 spiro atoms. The Kier molecular flexibility index (Phi) is 10.4. The highest BCUT2D eigenvalue weighted by Crippen LogP contribution is 2.53. The van der Waals surface area contributed by atoms with Gasteiger partial charge in [0, 0.05) is 35.8 Å². The molecule has 5 atom stereocenters. The maximum Gasteiger partial charge on any atom is 0.262 e. The Labute approximate surface area is 289 Å². The van der Waals surface area contributed by atoms with E-state index in [1.54, 1.807) is 17.0 Å². The Bertz CT molecular complexity index is 1800. The summed E-state index contributed by atoms with van der Waals surface area (Å²) in [5.74, 6) is 0.659. The van der Waals surface area contributed by atoms with E-state index in [-0.39, 0.29) is 24.5 Å². The summed E-state index contributed by atoms with van der Waals surface area (Å²) in [5.41, 5.74) is 4.85. The fourth-order valence-electron chi connectivity index (χ4n) is 8.13. The van der Waals surface area contributed by atoms with Gasteiger partial charge in [-0.3, -0.25) is 9.59 Å². The van der Waals surface area contributed by atoms with Crippen molar-refractivity contribution in [1.29, 1.82) is 10.5 Å². The molecule has 3 N–H and O–H groups in total. The second kappa shape index (κ2) is 14.3. The van der Waals surface area contributed by atoms with Crippen molar-refractivity contribution in [1.82, 2.24) is 36.2 Å². The maximum absolute atomic E-state index is 13.6. The molecule has 1 aliphatic heterocycles. The summed E-state index contributed by atoms with van der Waals surface area (Å²) in [4.78, 5) is 27.9. The van der Waals surface area contributed by atoms with Gasteiger partial charge >= 0.3 is 0 Å². The number of ketones is 1. The third kappa shape index (κ3) is 6.73. The molecule has 3 aliphatic rings. The number of benzene rings is 2. The van der Waals surface area contributed by atoms with Crippen LogP contribution in [0.25, 0.3) is 0 Å². The first kappa shape index (κ1) is 35.4. The number of piperidine rings is 1. The number of Topliss-reactive ketones (excluding diaryl/α,β-unsaturated/α-hetero) is 1. The lowest BCUT2D eigenvalue weighted by Crippen LogP contribution is -2.52. The van der Waals surface area contributed by atoms with Gasteiger partial charge in [-0.2, -0.15) is 15.7 Å². The third-order valence-electron chi connectivity index (χ3n) is 10.3. The van der Waals surface area contributed by atoms with Gasteiger partial charge < -0.3 is 15.5 Å². The molecule has 0 radical (unpaired) electrons. The van der Waals surface area contributed by atoms with Crippen LogP contribution in [0.3, 0.4) is 0 Å². The zero-order valence-corrected chi connectivity index (χ0v) is 29.4. The van der Waals surface area contributed by atoms with Crippen molar-refractivity contribution >= 4 is 11.7 Å². The van der Waals surface area contributed by atoms with E-state index in [1.165, 1.54) is 0 Å². The molecule has 1 amide bonds. The van der Waals surface area contributed by atoms with E-state index in [1.807, 2.05) is 32.9 Å². The van der Waals surface area contributed by atoms with E-state index in [4.69, 9.17) is 0 Å². The number of likely N-dealkylation sites (tertiary alicyclic amines) is 1. The van der Waals surface area contributed by atoms with E-state index < -0.39 is 16.7 Å². The highest BCUT2D eigenvalue weighted by Gasteiger charge is 2.60. The second-order valence-electron chi connectivity index (χ2n) is 13.9. The minimum atomic E-state index is -0.919. The summed E-state index contributed by atoms with van der Waals surface area (Å²) >= 11 is 0. The molecule has 3 aromatic rings. The smallest absolute Gasteiger partial charge is 0.262 e. The first-order chi connectivity index (χ1) is 23.5. The molecule has 2 aliphatic carbocycles. The number of nitriles is 2. The van der Waals surface area contributed by atoms with Gasteiger partial charge in [-0.1, -0.05) is 56.8 Å². The predicted octanol–water partition coefficient (Wildman–Crippen LogP) is 4.55. The quantitative estimate of drug-likeness (QED) is 0.198. The largest absolute Gasteiger partial charge is 0.389 e. The number of rotatable bonds is 11. The average molecular weight is 662 g/mol. The Morgan fingerprint density at radius 1 is 1.12 bits per heavy atom. The number of nitrogens with zero attached hydrogens (tertiary/aromatic N) is 6. The molecule has 1 saturated heterocycles. The summed E-state index contributed by atoms with van der Waals surface area (Å²) in [7, 11) is 0. The van der Waals surface area contributed by atoms with Gasteiger partial charge in [0.25, 0.3) is 5.78 Å². The van der Waals surface area contributed by atoms with Crippen LogP contribution in [-0.4, -0.2) is 67.9 Å². The molecule has 2 aromatic carbocycles. The molecule has 0 bridgehead atoms. The van der Waals surface area contributed by atoms with Crippen LogP contribution in [-0.2, 0) is 29.5 Å². The Morgan fingerprint density at radius 2 is 1.82 bits per heavy atom. The van der Waals surface area contributed by atoms with E-state index in [9.17, 15) is 20.1 Å².